The maximum Gasteiger partial charge on any atom is 0.222 e. The first kappa shape index (κ1) is 20.2. The Kier molecular flexibility index (Phi) is 5.47. The maximum atomic E-state index is 14.6. The van der Waals surface area contributed by atoms with Gasteiger partial charge in [0.25, 0.3) is 0 Å². The van der Waals surface area contributed by atoms with E-state index in [-0.39, 0.29) is 17.8 Å². The maximum absolute atomic E-state index is 14.6. The van der Waals surface area contributed by atoms with Crippen LogP contribution in [0.3, 0.4) is 0 Å². The Bertz CT molecular complexity index is 1200. The number of aliphatic imine (C=N–C) groups is 3. The highest BCUT2D eigenvalue weighted by Gasteiger charge is 2.32. The van der Waals surface area contributed by atoms with Crippen molar-refractivity contribution in [2.75, 3.05) is 6.54 Å². The minimum absolute atomic E-state index is 0.0237. The first-order valence-electron chi connectivity index (χ1n) is 10.1. The van der Waals surface area contributed by atoms with Crippen LogP contribution in [0.1, 0.15) is 35.6 Å². The first-order chi connectivity index (χ1) is 15.1. The summed E-state index contributed by atoms with van der Waals surface area (Å²) in [5.41, 5.74) is 3.83. The fraction of sp³-hybridized carbons (Fsp3) is 0.208. The van der Waals surface area contributed by atoms with Gasteiger partial charge in [-0.15, -0.1) is 0 Å². The SMILES string of the molecule is Fc1ccccc1C1=NCC2C=NC(NC3=CC=C(Cl)CC3)=NC2c2ccc(Cl)cc21. The van der Waals surface area contributed by atoms with Gasteiger partial charge in [0.2, 0.25) is 5.96 Å². The van der Waals surface area contributed by atoms with Gasteiger partial charge in [-0.25, -0.2) is 14.4 Å². The number of allylic oxidation sites excluding steroid dienone is 4. The molecule has 2 unspecified atom stereocenters. The van der Waals surface area contributed by atoms with E-state index in [1.165, 1.54) is 6.07 Å². The number of hydrogen-bond acceptors (Lipinski definition) is 4. The van der Waals surface area contributed by atoms with Crippen molar-refractivity contribution in [1.29, 1.82) is 0 Å². The standard InChI is InChI=1S/C24H19Cl2FN4/c25-15-5-8-17(9-6-15)30-24-29-13-14-12-28-23(19-3-1-2-4-21(19)27)20-11-16(26)7-10-18(20)22(14)31-24/h1-5,7-8,10-11,13-14,22H,6,9,12H2,(H,30,31). The second-order valence-corrected chi connectivity index (χ2v) is 8.59. The van der Waals surface area contributed by atoms with Gasteiger partial charge in [0.1, 0.15) is 5.82 Å². The van der Waals surface area contributed by atoms with Gasteiger partial charge in [-0.1, -0.05) is 41.4 Å². The highest BCUT2D eigenvalue weighted by molar-refractivity contribution is 6.31. The lowest BCUT2D eigenvalue weighted by atomic mass is 9.89. The molecule has 0 fully saturated rings. The fourth-order valence-electron chi connectivity index (χ4n) is 4.04. The predicted octanol–water partition coefficient (Wildman–Crippen LogP) is 5.82. The second-order valence-electron chi connectivity index (χ2n) is 7.67. The third kappa shape index (κ3) is 4.08. The molecule has 0 aromatic heterocycles. The fourth-order valence-corrected chi connectivity index (χ4v) is 4.37. The van der Waals surface area contributed by atoms with E-state index in [2.05, 4.69) is 10.3 Å². The van der Waals surface area contributed by atoms with Crippen molar-refractivity contribution in [2.45, 2.75) is 18.9 Å². The molecule has 0 spiro atoms. The van der Waals surface area contributed by atoms with E-state index in [4.69, 9.17) is 33.2 Å². The van der Waals surface area contributed by atoms with Gasteiger partial charge in [-0.3, -0.25) is 4.99 Å². The Balaban J connectivity index is 1.55. The van der Waals surface area contributed by atoms with Gasteiger partial charge in [0, 0.05) is 45.6 Å². The molecular formula is C24H19Cl2FN4. The van der Waals surface area contributed by atoms with E-state index >= 15 is 0 Å². The first-order valence-corrected chi connectivity index (χ1v) is 10.9. The third-order valence-electron chi connectivity index (χ3n) is 5.60. The van der Waals surface area contributed by atoms with Crippen molar-refractivity contribution >= 4 is 41.1 Å². The number of halogens is 3. The molecule has 2 aromatic carbocycles. The number of hydrogen-bond donors (Lipinski definition) is 1. The molecule has 3 aliphatic rings. The van der Waals surface area contributed by atoms with E-state index in [0.717, 1.165) is 34.7 Å². The van der Waals surface area contributed by atoms with Gasteiger partial charge in [0.15, 0.2) is 0 Å². The van der Waals surface area contributed by atoms with Crippen LogP contribution in [0.4, 0.5) is 4.39 Å². The molecule has 2 atom stereocenters. The number of rotatable bonds is 2. The molecule has 1 N–H and O–H groups in total. The van der Waals surface area contributed by atoms with Crippen LogP contribution in [-0.2, 0) is 0 Å². The summed E-state index contributed by atoms with van der Waals surface area (Å²) in [7, 11) is 0. The molecular weight excluding hydrogens is 434 g/mol. The number of nitrogens with zero attached hydrogens (tertiary/aromatic N) is 3. The van der Waals surface area contributed by atoms with E-state index in [9.17, 15) is 4.39 Å². The van der Waals surface area contributed by atoms with Crippen molar-refractivity contribution in [3.8, 4) is 0 Å². The number of fused-ring (bicyclic) bond motifs is 3. The molecule has 2 aromatic rings. The van der Waals surface area contributed by atoms with Crippen LogP contribution in [0, 0.1) is 11.7 Å². The lowest BCUT2D eigenvalue weighted by Crippen LogP contribution is -2.29. The summed E-state index contributed by atoms with van der Waals surface area (Å²) in [5, 5.41) is 4.73. The molecule has 2 heterocycles. The van der Waals surface area contributed by atoms with Crippen molar-refractivity contribution in [1.82, 2.24) is 5.32 Å². The lowest BCUT2D eigenvalue weighted by molar-refractivity contribution is 0.568. The predicted molar refractivity (Wildman–Crippen MR) is 125 cm³/mol. The Hall–Kier alpha value is -2.76. The topological polar surface area (TPSA) is 49.1 Å². The average molecular weight is 453 g/mol. The molecule has 0 saturated heterocycles. The second kappa shape index (κ2) is 8.40. The largest absolute Gasteiger partial charge is 0.328 e. The van der Waals surface area contributed by atoms with E-state index in [0.29, 0.717) is 28.8 Å². The Morgan fingerprint density at radius 2 is 1.87 bits per heavy atom. The minimum Gasteiger partial charge on any atom is -0.328 e. The van der Waals surface area contributed by atoms with Gasteiger partial charge >= 0.3 is 0 Å². The van der Waals surface area contributed by atoms with Gasteiger partial charge < -0.3 is 5.32 Å². The summed E-state index contributed by atoms with van der Waals surface area (Å²) < 4.78 is 14.6. The highest BCUT2D eigenvalue weighted by Crippen LogP contribution is 2.36. The minimum atomic E-state index is -0.312. The zero-order valence-electron chi connectivity index (χ0n) is 16.5. The van der Waals surface area contributed by atoms with Crippen molar-refractivity contribution in [3.05, 3.63) is 92.9 Å². The Labute approximate surface area is 189 Å². The molecule has 0 saturated carbocycles. The summed E-state index contributed by atoms with van der Waals surface area (Å²) in [6, 6.07) is 12.1. The average Bonchev–Trinajstić information content (AvgIpc) is 2.92. The molecule has 0 amide bonds. The van der Waals surface area contributed by atoms with Gasteiger partial charge in [-0.05, 0) is 54.8 Å². The molecule has 5 rings (SSSR count). The van der Waals surface area contributed by atoms with Crippen LogP contribution >= 0.6 is 23.2 Å². The third-order valence-corrected chi connectivity index (χ3v) is 6.15. The molecule has 31 heavy (non-hydrogen) atoms. The molecule has 156 valence electrons. The summed E-state index contributed by atoms with van der Waals surface area (Å²) in [6.07, 6.45) is 7.34. The van der Waals surface area contributed by atoms with E-state index in [1.807, 2.05) is 42.6 Å². The van der Waals surface area contributed by atoms with Crippen LogP contribution in [-0.4, -0.2) is 24.4 Å². The number of nitrogens with one attached hydrogen (secondary N) is 1. The summed E-state index contributed by atoms with van der Waals surface area (Å²) in [5.74, 6) is 0.214. The van der Waals surface area contributed by atoms with Crippen LogP contribution < -0.4 is 5.32 Å². The Morgan fingerprint density at radius 1 is 1.00 bits per heavy atom. The zero-order valence-corrected chi connectivity index (χ0v) is 18.0. The molecule has 0 radical (unpaired) electrons. The van der Waals surface area contributed by atoms with Crippen LogP contribution in [0.5, 0.6) is 0 Å². The number of benzene rings is 2. The van der Waals surface area contributed by atoms with Crippen molar-refractivity contribution in [3.63, 3.8) is 0 Å². The zero-order chi connectivity index (χ0) is 21.4. The Morgan fingerprint density at radius 3 is 2.68 bits per heavy atom. The quantitative estimate of drug-likeness (QED) is 0.612. The number of guanidine groups is 1. The van der Waals surface area contributed by atoms with Crippen LogP contribution in [0.25, 0.3) is 0 Å². The molecule has 4 nitrogen and oxygen atoms in total. The van der Waals surface area contributed by atoms with Crippen molar-refractivity contribution < 1.29 is 4.39 Å². The van der Waals surface area contributed by atoms with Gasteiger partial charge in [0.05, 0.1) is 11.8 Å². The lowest BCUT2D eigenvalue weighted by Gasteiger charge is -2.25. The van der Waals surface area contributed by atoms with Crippen molar-refractivity contribution in [2.24, 2.45) is 20.9 Å². The normalized spacial score (nSPS) is 22.3. The summed E-state index contributed by atoms with van der Waals surface area (Å²) in [6.45, 7) is 0.460. The highest BCUT2D eigenvalue weighted by atomic mass is 35.5. The molecule has 7 heteroatoms. The van der Waals surface area contributed by atoms with E-state index in [1.54, 1.807) is 12.1 Å². The van der Waals surface area contributed by atoms with Gasteiger partial charge in [-0.2, -0.15) is 0 Å². The molecule has 1 aliphatic carbocycles. The summed E-state index contributed by atoms with van der Waals surface area (Å²) in [4.78, 5) is 14.2. The summed E-state index contributed by atoms with van der Waals surface area (Å²) >= 11 is 12.4. The van der Waals surface area contributed by atoms with Crippen LogP contribution in [0.2, 0.25) is 5.02 Å². The monoisotopic (exact) mass is 452 g/mol. The molecule has 0 bridgehead atoms. The van der Waals surface area contributed by atoms with E-state index < -0.39 is 0 Å². The smallest absolute Gasteiger partial charge is 0.222 e. The molecule has 2 aliphatic heterocycles. The van der Waals surface area contributed by atoms with Crippen LogP contribution in [0.15, 0.2) is 80.3 Å².